The van der Waals surface area contributed by atoms with Crippen molar-refractivity contribution in [1.82, 2.24) is 9.55 Å². The van der Waals surface area contributed by atoms with Crippen molar-refractivity contribution in [2.45, 2.75) is 58.9 Å². The molecule has 0 aliphatic rings. The lowest BCUT2D eigenvalue weighted by Crippen LogP contribution is -2.10. The van der Waals surface area contributed by atoms with E-state index in [-0.39, 0.29) is 0 Å². The molecule has 1 aromatic carbocycles. The fourth-order valence-electron chi connectivity index (χ4n) is 2.86. The molecular weight excluding hydrogens is 258 g/mol. The normalized spacial score (nSPS) is 12.8. The summed E-state index contributed by atoms with van der Waals surface area (Å²) in [7, 11) is 0. The molecule has 0 fully saturated rings. The zero-order valence-electron chi connectivity index (χ0n) is 13.6. The van der Waals surface area contributed by atoms with E-state index in [1.165, 1.54) is 5.56 Å². The average molecular weight is 285 g/mol. The molecule has 3 nitrogen and oxygen atoms in total. The van der Waals surface area contributed by atoms with E-state index >= 15 is 0 Å². The third-order valence-corrected chi connectivity index (χ3v) is 3.96. The molecule has 1 atom stereocenters. The first-order valence-electron chi connectivity index (χ1n) is 7.95. The van der Waals surface area contributed by atoms with Crippen LogP contribution < -0.4 is 5.73 Å². The highest BCUT2D eigenvalue weighted by Gasteiger charge is 2.18. The smallest absolute Gasteiger partial charge is 0.127 e. The third kappa shape index (κ3) is 3.46. The number of anilines is 1. The minimum atomic E-state index is 0.361. The second-order valence-electron chi connectivity index (χ2n) is 6.09. The van der Waals surface area contributed by atoms with Gasteiger partial charge in [0.1, 0.15) is 11.6 Å². The molecule has 0 saturated carbocycles. The van der Waals surface area contributed by atoms with Crippen LogP contribution in [0, 0.1) is 0 Å². The van der Waals surface area contributed by atoms with Crippen molar-refractivity contribution in [3.8, 4) is 0 Å². The van der Waals surface area contributed by atoms with Crippen molar-refractivity contribution >= 4 is 5.82 Å². The Morgan fingerprint density at radius 1 is 1.14 bits per heavy atom. The predicted octanol–water partition coefficient (Wildman–Crippen LogP) is 4.34. The number of hydrogen-bond acceptors (Lipinski definition) is 2. The van der Waals surface area contributed by atoms with Crippen LogP contribution in [0.15, 0.2) is 30.3 Å². The van der Waals surface area contributed by atoms with Gasteiger partial charge < -0.3 is 10.3 Å². The van der Waals surface area contributed by atoms with Crippen molar-refractivity contribution in [2.24, 2.45) is 0 Å². The number of aryl methyl sites for hydroxylation is 1. The van der Waals surface area contributed by atoms with E-state index < -0.39 is 0 Å². The lowest BCUT2D eigenvalue weighted by atomic mass is 9.96. The van der Waals surface area contributed by atoms with Gasteiger partial charge in [0.05, 0.1) is 5.69 Å². The largest absolute Gasteiger partial charge is 0.384 e. The molecule has 0 radical (unpaired) electrons. The summed E-state index contributed by atoms with van der Waals surface area (Å²) >= 11 is 0. The zero-order chi connectivity index (χ0) is 15.4. The minimum Gasteiger partial charge on any atom is -0.384 e. The van der Waals surface area contributed by atoms with E-state index in [2.05, 4.69) is 62.6 Å². The number of hydrogen-bond donors (Lipinski definition) is 1. The summed E-state index contributed by atoms with van der Waals surface area (Å²) in [6, 6.07) is 10.9. The SMILES string of the molecule is CCCc1nc(CC(C)c2ccccc2)c(N)n1C(C)C. The van der Waals surface area contributed by atoms with Gasteiger partial charge in [-0.1, -0.05) is 44.2 Å². The minimum absolute atomic E-state index is 0.361. The second kappa shape index (κ2) is 6.79. The summed E-state index contributed by atoms with van der Waals surface area (Å²) in [5, 5.41) is 0. The number of nitrogen functional groups attached to an aromatic ring is 1. The lowest BCUT2D eigenvalue weighted by molar-refractivity contribution is 0.571. The Bertz CT molecular complexity index is 570. The maximum absolute atomic E-state index is 6.36. The van der Waals surface area contributed by atoms with Crippen LogP contribution in [0.4, 0.5) is 5.82 Å². The average Bonchev–Trinajstić information content (AvgIpc) is 2.76. The van der Waals surface area contributed by atoms with Crippen molar-refractivity contribution in [1.29, 1.82) is 0 Å². The molecule has 2 rings (SSSR count). The van der Waals surface area contributed by atoms with Crippen LogP contribution in [0.2, 0.25) is 0 Å². The number of nitrogens with two attached hydrogens (primary N) is 1. The molecule has 0 amide bonds. The molecule has 21 heavy (non-hydrogen) atoms. The van der Waals surface area contributed by atoms with Crippen molar-refractivity contribution in [2.75, 3.05) is 5.73 Å². The van der Waals surface area contributed by atoms with Crippen LogP contribution in [0.1, 0.15) is 63.2 Å². The predicted molar refractivity (Wildman–Crippen MR) is 89.6 cm³/mol. The van der Waals surface area contributed by atoms with Gasteiger partial charge in [-0.15, -0.1) is 0 Å². The topological polar surface area (TPSA) is 43.8 Å². The van der Waals surface area contributed by atoms with Crippen LogP contribution in [0.25, 0.3) is 0 Å². The summed E-state index contributed by atoms with van der Waals surface area (Å²) in [4.78, 5) is 4.82. The van der Waals surface area contributed by atoms with E-state index in [0.717, 1.165) is 36.6 Å². The maximum atomic E-state index is 6.36. The molecule has 2 N–H and O–H groups in total. The Hall–Kier alpha value is -1.77. The van der Waals surface area contributed by atoms with Crippen LogP contribution in [0.5, 0.6) is 0 Å². The zero-order valence-corrected chi connectivity index (χ0v) is 13.6. The Labute approximate surface area is 128 Å². The number of imidazole rings is 1. The van der Waals surface area contributed by atoms with Gasteiger partial charge in [-0.3, -0.25) is 0 Å². The lowest BCUT2D eigenvalue weighted by Gasteiger charge is -2.14. The first-order valence-corrected chi connectivity index (χ1v) is 7.95. The van der Waals surface area contributed by atoms with E-state index in [9.17, 15) is 0 Å². The van der Waals surface area contributed by atoms with Crippen LogP contribution in [-0.4, -0.2) is 9.55 Å². The Balaban J connectivity index is 2.26. The highest BCUT2D eigenvalue weighted by molar-refractivity contribution is 5.40. The molecule has 0 spiro atoms. The van der Waals surface area contributed by atoms with Crippen molar-refractivity contribution in [3.05, 3.63) is 47.4 Å². The summed E-state index contributed by atoms with van der Waals surface area (Å²) in [5.41, 5.74) is 8.75. The Kier molecular flexibility index (Phi) is 5.05. The first-order chi connectivity index (χ1) is 10.0. The molecule has 0 saturated heterocycles. The molecule has 1 unspecified atom stereocenters. The van der Waals surface area contributed by atoms with Gasteiger partial charge in [-0.05, 0) is 38.2 Å². The highest BCUT2D eigenvalue weighted by Crippen LogP contribution is 2.26. The number of rotatable bonds is 6. The molecule has 2 aromatic rings. The summed E-state index contributed by atoms with van der Waals surface area (Å²) < 4.78 is 2.19. The molecule has 0 aliphatic carbocycles. The van der Waals surface area contributed by atoms with Gasteiger partial charge in [0.25, 0.3) is 0 Å². The quantitative estimate of drug-likeness (QED) is 0.857. The van der Waals surface area contributed by atoms with Gasteiger partial charge in [-0.2, -0.15) is 0 Å². The molecule has 0 aliphatic heterocycles. The van der Waals surface area contributed by atoms with E-state index in [4.69, 9.17) is 10.7 Å². The number of nitrogens with zero attached hydrogens (tertiary/aromatic N) is 2. The van der Waals surface area contributed by atoms with Gasteiger partial charge in [-0.25, -0.2) is 4.98 Å². The van der Waals surface area contributed by atoms with Crippen molar-refractivity contribution in [3.63, 3.8) is 0 Å². The van der Waals surface area contributed by atoms with Crippen LogP contribution in [0.3, 0.4) is 0 Å². The molecule has 114 valence electrons. The maximum Gasteiger partial charge on any atom is 0.127 e. The van der Waals surface area contributed by atoms with Crippen molar-refractivity contribution < 1.29 is 0 Å². The molecular formula is C18H27N3. The van der Waals surface area contributed by atoms with E-state index in [0.29, 0.717) is 12.0 Å². The van der Waals surface area contributed by atoms with Crippen LogP contribution >= 0.6 is 0 Å². The van der Waals surface area contributed by atoms with Gasteiger partial charge in [0.15, 0.2) is 0 Å². The molecule has 0 bridgehead atoms. The summed E-state index contributed by atoms with van der Waals surface area (Å²) in [6.45, 7) is 8.76. The second-order valence-corrected chi connectivity index (χ2v) is 6.09. The van der Waals surface area contributed by atoms with Gasteiger partial charge in [0, 0.05) is 12.5 Å². The monoisotopic (exact) mass is 285 g/mol. The van der Waals surface area contributed by atoms with Gasteiger partial charge >= 0.3 is 0 Å². The van der Waals surface area contributed by atoms with E-state index in [1.807, 2.05) is 0 Å². The summed E-state index contributed by atoms with van der Waals surface area (Å²) in [5.74, 6) is 2.40. The molecule has 1 aromatic heterocycles. The molecule has 1 heterocycles. The summed E-state index contributed by atoms with van der Waals surface area (Å²) in [6.07, 6.45) is 2.98. The Morgan fingerprint density at radius 3 is 2.38 bits per heavy atom. The highest BCUT2D eigenvalue weighted by atomic mass is 15.2. The first kappa shape index (κ1) is 15.6. The standard InChI is InChI=1S/C18H27N3/c1-5-9-17-20-16(18(19)21(17)13(2)3)12-14(4)15-10-7-6-8-11-15/h6-8,10-11,13-14H,5,9,12,19H2,1-4H3. The molecule has 3 heteroatoms. The Morgan fingerprint density at radius 2 is 1.81 bits per heavy atom. The van der Waals surface area contributed by atoms with Crippen LogP contribution in [-0.2, 0) is 12.8 Å². The number of benzene rings is 1. The third-order valence-electron chi connectivity index (χ3n) is 3.96. The fourth-order valence-corrected chi connectivity index (χ4v) is 2.86. The fraction of sp³-hybridized carbons (Fsp3) is 0.500. The van der Waals surface area contributed by atoms with E-state index in [1.54, 1.807) is 0 Å². The van der Waals surface area contributed by atoms with Gasteiger partial charge in [0.2, 0.25) is 0 Å². The number of aromatic nitrogens is 2.